The molecule has 1 aromatic carbocycles. The van der Waals surface area contributed by atoms with Crippen LogP contribution in [0.3, 0.4) is 0 Å². The molecule has 20 heavy (non-hydrogen) atoms. The van der Waals surface area contributed by atoms with E-state index in [0.717, 1.165) is 18.6 Å². The van der Waals surface area contributed by atoms with Gasteiger partial charge in [-0.05, 0) is 30.0 Å². The third-order valence-electron chi connectivity index (χ3n) is 3.48. The van der Waals surface area contributed by atoms with E-state index < -0.39 is 0 Å². The van der Waals surface area contributed by atoms with Crippen LogP contribution in [0.25, 0.3) is 0 Å². The molecule has 1 unspecified atom stereocenters. The number of hydrogen-bond acceptors (Lipinski definition) is 5. The van der Waals surface area contributed by atoms with Crippen molar-refractivity contribution in [2.24, 2.45) is 0 Å². The van der Waals surface area contributed by atoms with Crippen LogP contribution in [-0.2, 0) is 6.42 Å². The normalized spacial score (nSPS) is 16.8. The summed E-state index contributed by atoms with van der Waals surface area (Å²) in [6.45, 7) is 0. The zero-order valence-electron chi connectivity index (χ0n) is 11.1. The van der Waals surface area contributed by atoms with E-state index in [-0.39, 0.29) is 12.0 Å². The van der Waals surface area contributed by atoms with Gasteiger partial charge in [0.25, 0.3) is 0 Å². The van der Waals surface area contributed by atoms with Crippen LogP contribution in [-0.4, -0.2) is 17.1 Å². The average Bonchev–Trinajstić information content (AvgIpc) is 2.81. The number of nitrogens with zero attached hydrogens (tertiary/aromatic N) is 2. The second kappa shape index (κ2) is 5.17. The number of methoxy groups -OCH3 is 1. The maximum absolute atomic E-state index is 5.89. The van der Waals surface area contributed by atoms with Gasteiger partial charge in [0.1, 0.15) is 16.7 Å². The molecule has 1 aliphatic carbocycles. The molecule has 1 heterocycles. The van der Waals surface area contributed by atoms with Crippen molar-refractivity contribution in [1.82, 2.24) is 9.97 Å². The molecule has 104 valence electrons. The quantitative estimate of drug-likeness (QED) is 0.850. The van der Waals surface area contributed by atoms with Gasteiger partial charge in [0, 0.05) is 6.07 Å². The molecule has 0 bridgehead atoms. The van der Waals surface area contributed by atoms with E-state index in [4.69, 9.17) is 22.1 Å². The van der Waals surface area contributed by atoms with Gasteiger partial charge >= 0.3 is 0 Å². The summed E-state index contributed by atoms with van der Waals surface area (Å²) in [5, 5.41) is 3.70. The minimum Gasteiger partial charge on any atom is -0.496 e. The van der Waals surface area contributed by atoms with E-state index in [1.807, 2.05) is 12.1 Å². The number of ether oxygens (including phenoxy) is 1. The van der Waals surface area contributed by atoms with Gasteiger partial charge in [0.15, 0.2) is 0 Å². The molecule has 0 amide bonds. The molecule has 3 N–H and O–H groups in total. The van der Waals surface area contributed by atoms with Crippen molar-refractivity contribution in [1.29, 1.82) is 0 Å². The minimum absolute atomic E-state index is 0.170. The summed E-state index contributed by atoms with van der Waals surface area (Å²) in [6, 6.07) is 7.95. The van der Waals surface area contributed by atoms with Crippen LogP contribution in [0.5, 0.6) is 5.75 Å². The predicted octanol–water partition coefficient (Wildman–Crippen LogP) is 2.82. The number of nitrogens with one attached hydrogen (secondary N) is 1. The molecule has 0 aliphatic heterocycles. The predicted molar refractivity (Wildman–Crippen MR) is 79.1 cm³/mol. The summed E-state index contributed by atoms with van der Waals surface area (Å²) >= 11 is 5.89. The van der Waals surface area contributed by atoms with Crippen LogP contribution in [0, 0.1) is 0 Å². The molecule has 1 aromatic heterocycles. The van der Waals surface area contributed by atoms with Gasteiger partial charge in [-0.15, -0.1) is 0 Å². The largest absolute Gasteiger partial charge is 0.496 e. The summed E-state index contributed by atoms with van der Waals surface area (Å²) in [7, 11) is 1.70. The van der Waals surface area contributed by atoms with Crippen molar-refractivity contribution in [3.63, 3.8) is 0 Å². The Morgan fingerprint density at radius 1 is 1.40 bits per heavy atom. The lowest BCUT2D eigenvalue weighted by Crippen LogP contribution is -2.10. The smallest absolute Gasteiger partial charge is 0.223 e. The topological polar surface area (TPSA) is 73.1 Å². The van der Waals surface area contributed by atoms with Gasteiger partial charge in [0.2, 0.25) is 5.95 Å². The lowest BCUT2D eigenvalue weighted by Gasteiger charge is -2.15. The van der Waals surface area contributed by atoms with Crippen LogP contribution in [0.15, 0.2) is 24.3 Å². The maximum Gasteiger partial charge on any atom is 0.223 e. The van der Waals surface area contributed by atoms with Crippen molar-refractivity contribution in [2.45, 2.75) is 18.9 Å². The third-order valence-corrected chi connectivity index (χ3v) is 3.68. The molecule has 1 atom stereocenters. The summed E-state index contributed by atoms with van der Waals surface area (Å²) in [5.74, 6) is 1.75. The van der Waals surface area contributed by atoms with Crippen LogP contribution in [0.2, 0.25) is 5.15 Å². The highest BCUT2D eigenvalue weighted by molar-refractivity contribution is 6.29. The highest BCUT2D eigenvalue weighted by Gasteiger charge is 2.25. The molecule has 1 aliphatic rings. The standard InChI is InChI=1S/C14H15ClN4O/c1-20-11-4-2-3-8-9(11)5-6-10(8)17-13-7-12(15)18-14(16)19-13/h2-4,7,10H,5-6H2,1H3,(H3,16,17,18,19). The van der Waals surface area contributed by atoms with E-state index in [0.29, 0.717) is 11.0 Å². The first-order valence-corrected chi connectivity index (χ1v) is 6.77. The fraction of sp³-hybridized carbons (Fsp3) is 0.286. The molecular formula is C14H15ClN4O. The zero-order chi connectivity index (χ0) is 14.1. The Labute approximate surface area is 122 Å². The van der Waals surface area contributed by atoms with Gasteiger partial charge in [0.05, 0.1) is 13.2 Å². The van der Waals surface area contributed by atoms with Crippen LogP contribution in [0.4, 0.5) is 11.8 Å². The number of hydrogen-bond donors (Lipinski definition) is 2. The Balaban J connectivity index is 1.88. The number of nitrogen functional groups attached to an aromatic ring is 1. The number of halogens is 1. The highest BCUT2D eigenvalue weighted by Crippen LogP contribution is 2.38. The molecule has 0 saturated heterocycles. The van der Waals surface area contributed by atoms with Crippen LogP contribution < -0.4 is 15.8 Å². The molecule has 6 heteroatoms. The van der Waals surface area contributed by atoms with Crippen molar-refractivity contribution < 1.29 is 4.74 Å². The summed E-state index contributed by atoms with van der Waals surface area (Å²) < 4.78 is 5.40. The summed E-state index contributed by atoms with van der Waals surface area (Å²) in [6.07, 6.45) is 1.96. The third kappa shape index (κ3) is 2.36. The number of nitrogens with two attached hydrogens (primary N) is 1. The van der Waals surface area contributed by atoms with E-state index in [9.17, 15) is 0 Å². The highest BCUT2D eigenvalue weighted by atomic mass is 35.5. The molecule has 0 radical (unpaired) electrons. The maximum atomic E-state index is 5.89. The Kier molecular flexibility index (Phi) is 3.36. The van der Waals surface area contributed by atoms with Gasteiger partial charge < -0.3 is 15.8 Å². The lowest BCUT2D eigenvalue weighted by molar-refractivity contribution is 0.410. The van der Waals surface area contributed by atoms with Gasteiger partial charge in [-0.2, -0.15) is 4.98 Å². The van der Waals surface area contributed by atoms with E-state index >= 15 is 0 Å². The number of rotatable bonds is 3. The van der Waals surface area contributed by atoms with Gasteiger partial charge in [-0.3, -0.25) is 0 Å². The number of fused-ring (bicyclic) bond motifs is 1. The lowest BCUT2D eigenvalue weighted by atomic mass is 10.1. The molecule has 2 aromatic rings. The molecule has 0 saturated carbocycles. The zero-order valence-corrected chi connectivity index (χ0v) is 11.8. The number of anilines is 2. The van der Waals surface area contributed by atoms with Crippen molar-refractivity contribution in [3.8, 4) is 5.75 Å². The molecule has 3 rings (SSSR count). The molecule has 0 fully saturated rings. The van der Waals surface area contributed by atoms with Crippen LogP contribution in [0.1, 0.15) is 23.6 Å². The molecular weight excluding hydrogens is 276 g/mol. The van der Waals surface area contributed by atoms with Gasteiger partial charge in [-0.25, -0.2) is 4.98 Å². The Hall–Kier alpha value is -2.01. The first kappa shape index (κ1) is 13.0. The monoisotopic (exact) mass is 290 g/mol. The second-order valence-electron chi connectivity index (χ2n) is 4.70. The first-order chi connectivity index (χ1) is 9.67. The van der Waals surface area contributed by atoms with Crippen LogP contribution >= 0.6 is 11.6 Å². The Bertz CT molecular complexity index is 627. The Morgan fingerprint density at radius 3 is 3.00 bits per heavy atom. The van der Waals surface area contributed by atoms with E-state index in [2.05, 4.69) is 21.4 Å². The Morgan fingerprint density at radius 2 is 2.25 bits per heavy atom. The van der Waals surface area contributed by atoms with E-state index in [1.165, 1.54) is 11.1 Å². The molecule has 5 nitrogen and oxygen atoms in total. The number of aromatic nitrogens is 2. The van der Waals surface area contributed by atoms with E-state index in [1.54, 1.807) is 13.2 Å². The van der Waals surface area contributed by atoms with Crippen molar-refractivity contribution >= 4 is 23.4 Å². The minimum atomic E-state index is 0.170. The number of benzene rings is 1. The average molecular weight is 291 g/mol. The summed E-state index contributed by atoms with van der Waals surface area (Å²) in [5.41, 5.74) is 8.09. The SMILES string of the molecule is COc1cccc2c1CCC2Nc1cc(Cl)nc(N)n1. The fourth-order valence-electron chi connectivity index (χ4n) is 2.65. The first-order valence-electron chi connectivity index (χ1n) is 6.39. The molecule has 0 spiro atoms. The fourth-order valence-corrected chi connectivity index (χ4v) is 2.84. The van der Waals surface area contributed by atoms with Crippen molar-refractivity contribution in [2.75, 3.05) is 18.2 Å². The second-order valence-corrected chi connectivity index (χ2v) is 5.09. The van der Waals surface area contributed by atoms with Crippen molar-refractivity contribution in [3.05, 3.63) is 40.5 Å². The summed E-state index contributed by atoms with van der Waals surface area (Å²) in [4.78, 5) is 8.01. The van der Waals surface area contributed by atoms with Gasteiger partial charge in [-0.1, -0.05) is 23.7 Å².